The predicted molar refractivity (Wildman–Crippen MR) is 63.7 cm³/mol. The van der Waals surface area contributed by atoms with Crippen molar-refractivity contribution in [1.82, 2.24) is 4.98 Å². The van der Waals surface area contributed by atoms with Crippen molar-refractivity contribution < 1.29 is 23.1 Å². The highest BCUT2D eigenvalue weighted by Crippen LogP contribution is 2.28. The number of hydrogen-bond donors (Lipinski definition) is 2. The minimum absolute atomic E-state index is 0.0638. The highest BCUT2D eigenvalue weighted by molar-refractivity contribution is 5.71. The third-order valence-corrected chi connectivity index (χ3v) is 2.70. The summed E-state index contributed by atoms with van der Waals surface area (Å²) in [5.74, 6) is -1.76. The van der Waals surface area contributed by atoms with Crippen LogP contribution in [0.1, 0.15) is 19.5 Å². The third kappa shape index (κ3) is 4.42. The van der Waals surface area contributed by atoms with Crippen LogP contribution in [0.15, 0.2) is 18.3 Å². The molecule has 0 saturated heterocycles. The Morgan fingerprint density at radius 2 is 2.11 bits per heavy atom. The molecule has 7 heteroatoms. The fourth-order valence-corrected chi connectivity index (χ4v) is 1.53. The molecule has 0 aliphatic rings. The van der Waals surface area contributed by atoms with Crippen molar-refractivity contribution in [3.8, 4) is 0 Å². The summed E-state index contributed by atoms with van der Waals surface area (Å²) in [6, 6.07) is 2.23. The van der Waals surface area contributed by atoms with Gasteiger partial charge in [0.05, 0.1) is 5.92 Å². The van der Waals surface area contributed by atoms with E-state index in [1.54, 1.807) is 13.8 Å². The first-order valence-electron chi connectivity index (χ1n) is 5.71. The zero-order valence-corrected chi connectivity index (χ0v) is 10.5. The molecule has 0 saturated carbocycles. The lowest BCUT2D eigenvalue weighted by Crippen LogP contribution is -2.27. The lowest BCUT2D eigenvalue weighted by Gasteiger charge is -2.17. The summed E-state index contributed by atoms with van der Waals surface area (Å²) < 4.78 is 37.3. The normalized spacial score (nSPS) is 13.4. The number of nitrogens with one attached hydrogen (secondary N) is 1. The Labute approximate surface area is 108 Å². The molecular formula is C12H15F3N2O2. The Morgan fingerprint density at radius 1 is 1.47 bits per heavy atom. The number of halogens is 3. The van der Waals surface area contributed by atoms with Gasteiger partial charge in [0.25, 0.3) is 0 Å². The molecule has 1 rings (SSSR count). The van der Waals surface area contributed by atoms with Crippen molar-refractivity contribution in [2.75, 3.05) is 11.9 Å². The molecule has 0 spiro atoms. The molecule has 1 heterocycles. The summed E-state index contributed by atoms with van der Waals surface area (Å²) in [7, 11) is 0. The van der Waals surface area contributed by atoms with Crippen molar-refractivity contribution in [2.24, 2.45) is 11.8 Å². The summed E-state index contributed by atoms with van der Waals surface area (Å²) in [5, 5.41) is 11.7. The van der Waals surface area contributed by atoms with Gasteiger partial charge in [-0.3, -0.25) is 9.78 Å². The van der Waals surface area contributed by atoms with E-state index in [9.17, 15) is 18.0 Å². The van der Waals surface area contributed by atoms with E-state index in [4.69, 9.17) is 5.11 Å². The second-order valence-corrected chi connectivity index (χ2v) is 4.50. The highest BCUT2D eigenvalue weighted by Gasteiger charge is 2.32. The van der Waals surface area contributed by atoms with Crippen LogP contribution in [0.5, 0.6) is 0 Å². The molecule has 1 aromatic heterocycles. The van der Waals surface area contributed by atoms with E-state index in [0.29, 0.717) is 0 Å². The quantitative estimate of drug-likeness (QED) is 0.868. The van der Waals surface area contributed by atoms with Crippen LogP contribution in [0.4, 0.5) is 18.9 Å². The van der Waals surface area contributed by atoms with Gasteiger partial charge in [-0.25, -0.2) is 0 Å². The first-order valence-corrected chi connectivity index (χ1v) is 5.71. The van der Waals surface area contributed by atoms with Gasteiger partial charge < -0.3 is 10.4 Å². The Hall–Kier alpha value is -1.79. The molecule has 0 aromatic carbocycles. The maximum atomic E-state index is 12.4. The fourth-order valence-electron chi connectivity index (χ4n) is 1.53. The van der Waals surface area contributed by atoms with Gasteiger partial charge in [-0.05, 0) is 18.1 Å². The van der Waals surface area contributed by atoms with Gasteiger partial charge in [-0.15, -0.1) is 0 Å². The number of carbonyl (C=O) groups is 1. The van der Waals surface area contributed by atoms with Crippen molar-refractivity contribution in [3.63, 3.8) is 0 Å². The Balaban J connectivity index is 2.75. The molecule has 0 radical (unpaired) electrons. The van der Waals surface area contributed by atoms with Gasteiger partial charge in [-0.2, -0.15) is 13.2 Å². The number of rotatable bonds is 5. The number of alkyl halides is 3. The highest BCUT2D eigenvalue weighted by atomic mass is 19.4. The molecule has 0 aliphatic carbocycles. The number of anilines is 1. The third-order valence-electron chi connectivity index (χ3n) is 2.70. The van der Waals surface area contributed by atoms with Crippen LogP contribution in [0.2, 0.25) is 0 Å². The molecule has 1 unspecified atom stereocenters. The Morgan fingerprint density at radius 3 is 2.58 bits per heavy atom. The molecule has 0 aliphatic heterocycles. The van der Waals surface area contributed by atoms with Crippen molar-refractivity contribution >= 4 is 11.7 Å². The maximum Gasteiger partial charge on any atom is 0.433 e. The molecule has 0 amide bonds. The van der Waals surface area contributed by atoms with E-state index in [-0.39, 0.29) is 18.2 Å². The molecular weight excluding hydrogens is 261 g/mol. The fraction of sp³-hybridized carbons (Fsp3) is 0.500. The van der Waals surface area contributed by atoms with Gasteiger partial charge in [0, 0.05) is 18.4 Å². The summed E-state index contributed by atoms with van der Waals surface area (Å²) >= 11 is 0. The van der Waals surface area contributed by atoms with Gasteiger partial charge >= 0.3 is 12.1 Å². The minimum Gasteiger partial charge on any atom is -0.481 e. The first kappa shape index (κ1) is 15.3. The number of pyridine rings is 1. The minimum atomic E-state index is -4.51. The zero-order valence-electron chi connectivity index (χ0n) is 10.5. The second kappa shape index (κ2) is 5.90. The Kier molecular flexibility index (Phi) is 4.74. The van der Waals surface area contributed by atoms with E-state index in [1.165, 1.54) is 6.07 Å². The monoisotopic (exact) mass is 276 g/mol. The van der Waals surface area contributed by atoms with Crippen molar-refractivity contribution in [3.05, 3.63) is 24.0 Å². The number of hydrogen-bond acceptors (Lipinski definition) is 3. The average Bonchev–Trinajstić information content (AvgIpc) is 2.27. The SMILES string of the molecule is CC(C)C(CNc1ccnc(C(F)(F)F)c1)C(=O)O. The van der Waals surface area contributed by atoms with Crippen LogP contribution in [0.25, 0.3) is 0 Å². The van der Waals surface area contributed by atoms with E-state index >= 15 is 0 Å². The van der Waals surface area contributed by atoms with E-state index < -0.39 is 23.8 Å². The molecule has 4 nitrogen and oxygen atoms in total. The lowest BCUT2D eigenvalue weighted by molar-refractivity contribution is -0.143. The van der Waals surface area contributed by atoms with E-state index in [1.807, 2.05) is 0 Å². The van der Waals surface area contributed by atoms with Crippen LogP contribution in [-0.4, -0.2) is 22.6 Å². The van der Waals surface area contributed by atoms with Crippen LogP contribution in [0.3, 0.4) is 0 Å². The van der Waals surface area contributed by atoms with Gasteiger partial charge in [0.2, 0.25) is 0 Å². The summed E-state index contributed by atoms with van der Waals surface area (Å²) in [6.45, 7) is 3.55. The molecule has 2 N–H and O–H groups in total. The van der Waals surface area contributed by atoms with Gasteiger partial charge in [-0.1, -0.05) is 13.8 Å². The molecule has 1 atom stereocenters. The summed E-state index contributed by atoms with van der Waals surface area (Å²) in [4.78, 5) is 14.2. The number of aliphatic carboxylic acids is 1. The van der Waals surface area contributed by atoms with Crippen molar-refractivity contribution in [2.45, 2.75) is 20.0 Å². The molecule has 19 heavy (non-hydrogen) atoms. The average molecular weight is 276 g/mol. The van der Waals surface area contributed by atoms with Gasteiger partial charge in [0.15, 0.2) is 0 Å². The van der Waals surface area contributed by atoms with Crippen LogP contribution in [0, 0.1) is 11.8 Å². The standard InChI is InChI=1S/C12H15F3N2O2/c1-7(2)9(11(18)19)6-17-8-3-4-16-10(5-8)12(13,14)15/h3-5,7,9H,6H2,1-2H3,(H,16,17)(H,18,19). The van der Waals surface area contributed by atoms with Crippen LogP contribution in [-0.2, 0) is 11.0 Å². The molecule has 0 fully saturated rings. The number of carboxylic acids is 1. The zero-order chi connectivity index (χ0) is 14.6. The summed E-state index contributed by atoms with van der Waals surface area (Å²) in [5.41, 5.74) is -0.803. The molecule has 106 valence electrons. The topological polar surface area (TPSA) is 62.2 Å². The number of aromatic nitrogens is 1. The Bertz CT molecular complexity index is 447. The number of carboxylic acid groups (broad SMARTS) is 1. The second-order valence-electron chi connectivity index (χ2n) is 4.50. The first-order chi connectivity index (χ1) is 8.71. The predicted octanol–water partition coefficient (Wildman–Crippen LogP) is 2.87. The van der Waals surface area contributed by atoms with Crippen molar-refractivity contribution in [1.29, 1.82) is 0 Å². The number of nitrogens with zero attached hydrogens (tertiary/aromatic N) is 1. The smallest absolute Gasteiger partial charge is 0.433 e. The lowest BCUT2D eigenvalue weighted by atomic mass is 9.96. The molecule has 1 aromatic rings. The van der Waals surface area contributed by atoms with E-state index in [0.717, 1.165) is 12.3 Å². The van der Waals surface area contributed by atoms with Crippen LogP contribution >= 0.6 is 0 Å². The van der Waals surface area contributed by atoms with Crippen LogP contribution < -0.4 is 5.32 Å². The summed E-state index contributed by atoms with van der Waals surface area (Å²) in [6.07, 6.45) is -3.47. The largest absolute Gasteiger partial charge is 0.481 e. The van der Waals surface area contributed by atoms with Gasteiger partial charge in [0.1, 0.15) is 5.69 Å². The van der Waals surface area contributed by atoms with E-state index in [2.05, 4.69) is 10.3 Å². The maximum absolute atomic E-state index is 12.4. The molecule has 0 bridgehead atoms.